The molecule has 1 atom stereocenters. The molecule has 2 heterocycles. The molecule has 0 aromatic carbocycles. The molecule has 27 heavy (non-hydrogen) atoms. The maximum atomic E-state index is 12.4. The van der Waals surface area contributed by atoms with Crippen LogP contribution in [0.2, 0.25) is 0 Å². The van der Waals surface area contributed by atoms with Crippen molar-refractivity contribution >= 4 is 17.8 Å². The number of hydrogen-bond acceptors (Lipinski definition) is 4. The molecule has 1 saturated carbocycles. The highest BCUT2D eigenvalue weighted by molar-refractivity contribution is 5.87. The Morgan fingerprint density at radius 2 is 1.70 bits per heavy atom. The Kier molecular flexibility index (Phi) is 7.32. The SMILES string of the molecule is CN=C(NCC(=O)NC1CCCCC1)N1CCN(C(=O)C2CCCO2)CC1. The monoisotopic (exact) mass is 379 g/mol. The standard InChI is InChI=1S/C19H33N5O3/c1-20-19(21-14-17(25)22-15-6-3-2-4-7-15)24-11-9-23(10-12-24)18(26)16-8-5-13-27-16/h15-16H,2-14H2,1H3,(H,20,21)(H,22,25). The van der Waals surface area contributed by atoms with Crippen LogP contribution in [0.4, 0.5) is 0 Å². The van der Waals surface area contributed by atoms with Crippen LogP contribution < -0.4 is 10.6 Å². The van der Waals surface area contributed by atoms with Crippen molar-refractivity contribution in [1.82, 2.24) is 20.4 Å². The molecular formula is C19H33N5O3. The summed E-state index contributed by atoms with van der Waals surface area (Å²) in [7, 11) is 1.73. The van der Waals surface area contributed by atoms with Crippen LogP contribution in [0, 0.1) is 0 Å². The molecule has 1 aliphatic carbocycles. The molecule has 152 valence electrons. The Morgan fingerprint density at radius 1 is 1.00 bits per heavy atom. The Morgan fingerprint density at radius 3 is 2.33 bits per heavy atom. The Labute approximate surface area is 161 Å². The number of carbonyl (C=O) groups is 2. The quantitative estimate of drug-likeness (QED) is 0.543. The van der Waals surface area contributed by atoms with E-state index in [0.29, 0.717) is 38.8 Å². The van der Waals surface area contributed by atoms with Crippen molar-refractivity contribution < 1.29 is 14.3 Å². The molecule has 3 fully saturated rings. The van der Waals surface area contributed by atoms with E-state index in [9.17, 15) is 9.59 Å². The molecule has 3 aliphatic rings. The molecule has 0 bridgehead atoms. The molecule has 2 N–H and O–H groups in total. The largest absolute Gasteiger partial charge is 0.368 e. The zero-order chi connectivity index (χ0) is 19.1. The molecule has 1 unspecified atom stereocenters. The highest BCUT2D eigenvalue weighted by Crippen LogP contribution is 2.17. The lowest BCUT2D eigenvalue weighted by Crippen LogP contribution is -2.56. The lowest BCUT2D eigenvalue weighted by molar-refractivity contribution is -0.142. The fourth-order valence-corrected chi connectivity index (χ4v) is 4.13. The third-order valence-corrected chi connectivity index (χ3v) is 5.69. The normalized spacial score (nSPS) is 24.8. The van der Waals surface area contributed by atoms with E-state index in [2.05, 4.69) is 20.5 Å². The zero-order valence-corrected chi connectivity index (χ0v) is 16.4. The lowest BCUT2D eigenvalue weighted by Gasteiger charge is -2.37. The maximum Gasteiger partial charge on any atom is 0.251 e. The van der Waals surface area contributed by atoms with Gasteiger partial charge in [-0.25, -0.2) is 0 Å². The second-order valence-corrected chi connectivity index (χ2v) is 7.62. The smallest absolute Gasteiger partial charge is 0.251 e. The summed E-state index contributed by atoms with van der Waals surface area (Å²) < 4.78 is 5.51. The maximum absolute atomic E-state index is 12.4. The summed E-state index contributed by atoms with van der Waals surface area (Å²) in [5.74, 6) is 0.857. The fraction of sp³-hybridized carbons (Fsp3) is 0.842. The average Bonchev–Trinajstić information content (AvgIpc) is 3.24. The highest BCUT2D eigenvalue weighted by atomic mass is 16.5. The van der Waals surface area contributed by atoms with Gasteiger partial charge in [-0.1, -0.05) is 19.3 Å². The van der Waals surface area contributed by atoms with Crippen LogP contribution in [0.1, 0.15) is 44.9 Å². The van der Waals surface area contributed by atoms with Crippen LogP contribution in [-0.4, -0.2) is 86.1 Å². The minimum absolute atomic E-state index is 0.0234. The van der Waals surface area contributed by atoms with Crippen LogP contribution >= 0.6 is 0 Å². The third kappa shape index (κ3) is 5.57. The van der Waals surface area contributed by atoms with E-state index in [4.69, 9.17) is 4.74 Å². The number of rotatable bonds is 4. The number of hydrogen-bond donors (Lipinski definition) is 2. The molecule has 0 radical (unpaired) electrons. The van der Waals surface area contributed by atoms with Crippen LogP contribution in [0.5, 0.6) is 0 Å². The van der Waals surface area contributed by atoms with E-state index in [0.717, 1.165) is 31.6 Å². The van der Waals surface area contributed by atoms with E-state index in [1.54, 1.807) is 7.05 Å². The average molecular weight is 380 g/mol. The van der Waals surface area contributed by atoms with Gasteiger partial charge in [-0.2, -0.15) is 0 Å². The van der Waals surface area contributed by atoms with E-state index in [-0.39, 0.29) is 24.5 Å². The molecular weight excluding hydrogens is 346 g/mol. The van der Waals surface area contributed by atoms with E-state index in [1.807, 2.05) is 4.90 Å². The minimum atomic E-state index is -0.252. The Balaban J connectivity index is 1.39. The first-order valence-electron chi connectivity index (χ1n) is 10.3. The van der Waals surface area contributed by atoms with Gasteiger partial charge in [0, 0.05) is 45.9 Å². The van der Waals surface area contributed by atoms with Gasteiger partial charge < -0.3 is 25.2 Å². The van der Waals surface area contributed by atoms with Gasteiger partial charge in [0.05, 0.1) is 6.54 Å². The first-order chi connectivity index (χ1) is 13.2. The summed E-state index contributed by atoms with van der Waals surface area (Å²) in [5, 5.41) is 6.28. The van der Waals surface area contributed by atoms with Crippen molar-refractivity contribution in [3.05, 3.63) is 0 Å². The van der Waals surface area contributed by atoms with Gasteiger partial charge in [0.25, 0.3) is 5.91 Å². The van der Waals surface area contributed by atoms with Gasteiger partial charge in [0.2, 0.25) is 5.91 Å². The summed E-state index contributed by atoms with van der Waals surface area (Å²) in [6, 6.07) is 0.322. The zero-order valence-electron chi connectivity index (χ0n) is 16.4. The highest BCUT2D eigenvalue weighted by Gasteiger charge is 2.31. The molecule has 8 nitrogen and oxygen atoms in total. The van der Waals surface area contributed by atoms with Gasteiger partial charge in [0.15, 0.2) is 5.96 Å². The van der Waals surface area contributed by atoms with Gasteiger partial charge in [-0.3, -0.25) is 14.6 Å². The number of piperazine rings is 1. The summed E-state index contributed by atoms with van der Waals surface area (Å²) in [6.07, 6.45) is 7.40. The number of amides is 2. The number of nitrogens with one attached hydrogen (secondary N) is 2. The lowest BCUT2D eigenvalue weighted by atomic mass is 9.95. The van der Waals surface area contributed by atoms with E-state index >= 15 is 0 Å². The molecule has 2 aliphatic heterocycles. The predicted octanol–water partition coefficient (Wildman–Crippen LogP) is 0.334. The van der Waals surface area contributed by atoms with Crippen molar-refractivity contribution in [3.63, 3.8) is 0 Å². The van der Waals surface area contributed by atoms with E-state index in [1.165, 1.54) is 19.3 Å². The van der Waals surface area contributed by atoms with Crippen LogP contribution in [0.25, 0.3) is 0 Å². The van der Waals surface area contributed by atoms with Gasteiger partial charge in [0.1, 0.15) is 6.10 Å². The van der Waals surface area contributed by atoms with Gasteiger partial charge in [-0.15, -0.1) is 0 Å². The number of aliphatic imine (C=N–C) groups is 1. The van der Waals surface area contributed by atoms with Crippen molar-refractivity contribution in [2.75, 3.05) is 46.4 Å². The number of carbonyl (C=O) groups excluding carboxylic acids is 2. The topological polar surface area (TPSA) is 86.3 Å². The van der Waals surface area contributed by atoms with Crippen molar-refractivity contribution in [2.45, 2.75) is 57.1 Å². The molecule has 0 aromatic heterocycles. The van der Waals surface area contributed by atoms with E-state index < -0.39 is 0 Å². The molecule has 2 saturated heterocycles. The van der Waals surface area contributed by atoms with Crippen LogP contribution in [0.3, 0.4) is 0 Å². The number of nitrogens with zero attached hydrogens (tertiary/aromatic N) is 3. The predicted molar refractivity (Wildman–Crippen MR) is 104 cm³/mol. The molecule has 3 rings (SSSR count). The second kappa shape index (κ2) is 9.92. The summed E-state index contributed by atoms with van der Waals surface area (Å²) in [4.78, 5) is 32.9. The molecule has 8 heteroatoms. The van der Waals surface area contributed by atoms with Crippen molar-refractivity contribution in [3.8, 4) is 0 Å². The van der Waals surface area contributed by atoms with Crippen molar-refractivity contribution in [2.24, 2.45) is 4.99 Å². The van der Waals surface area contributed by atoms with Gasteiger partial charge in [-0.05, 0) is 25.7 Å². The second-order valence-electron chi connectivity index (χ2n) is 7.62. The van der Waals surface area contributed by atoms with Crippen LogP contribution in [0.15, 0.2) is 4.99 Å². The molecule has 0 aromatic rings. The van der Waals surface area contributed by atoms with Crippen LogP contribution in [-0.2, 0) is 14.3 Å². The summed E-state index contributed by atoms with van der Waals surface area (Å²) in [5.41, 5.74) is 0. The van der Waals surface area contributed by atoms with Gasteiger partial charge >= 0.3 is 0 Å². The summed E-state index contributed by atoms with van der Waals surface area (Å²) >= 11 is 0. The third-order valence-electron chi connectivity index (χ3n) is 5.69. The molecule has 2 amide bonds. The fourth-order valence-electron chi connectivity index (χ4n) is 4.13. The minimum Gasteiger partial charge on any atom is -0.368 e. The number of ether oxygens (including phenoxy) is 1. The Hall–Kier alpha value is -1.83. The Bertz CT molecular complexity index is 533. The first-order valence-corrected chi connectivity index (χ1v) is 10.3. The summed E-state index contributed by atoms with van der Waals surface area (Å²) in [6.45, 7) is 3.67. The van der Waals surface area contributed by atoms with Crippen molar-refractivity contribution in [1.29, 1.82) is 0 Å². The molecule has 0 spiro atoms. The first kappa shape index (κ1) is 19.9. The number of guanidine groups is 1.